The summed E-state index contributed by atoms with van der Waals surface area (Å²) in [4.78, 5) is 11.9. The third kappa shape index (κ3) is 3.20. The third-order valence-corrected chi connectivity index (χ3v) is 3.29. The lowest BCUT2D eigenvalue weighted by Gasteiger charge is -1.92. The maximum atomic E-state index is 11.9. The minimum atomic E-state index is -0.120. The lowest BCUT2D eigenvalue weighted by Crippen LogP contribution is -2.00. The number of carbonyl (C=O) groups is 1. The van der Waals surface area contributed by atoms with Crippen LogP contribution in [0.25, 0.3) is 6.08 Å². The van der Waals surface area contributed by atoms with Gasteiger partial charge in [-0.25, -0.2) is 0 Å². The number of allylic oxidation sites excluding steroid dienone is 1. The van der Waals surface area contributed by atoms with Crippen LogP contribution in [0.2, 0.25) is 0 Å². The summed E-state index contributed by atoms with van der Waals surface area (Å²) in [5.41, 5.74) is 1.19. The van der Waals surface area contributed by atoms with Crippen molar-refractivity contribution in [1.29, 1.82) is 0 Å². The van der Waals surface area contributed by atoms with Gasteiger partial charge in [0.2, 0.25) is 5.78 Å². The maximum absolute atomic E-state index is 11.9. The Hall–Kier alpha value is -1.69. The van der Waals surface area contributed by atoms with Crippen molar-refractivity contribution in [2.75, 3.05) is 0 Å². The molecule has 2 aromatic heterocycles. The average molecular weight is 323 g/mol. The Balaban J connectivity index is 2.13. The predicted octanol–water partition coefficient (Wildman–Crippen LogP) is 2.78. The number of hydrogen-bond acceptors (Lipinski definition) is 3. The number of aryl methyl sites for hydroxylation is 2. The SMILES string of the molecule is CCn1ccc(C(=O)/C=C/c2nn(CC)cc2Br)n1. The van der Waals surface area contributed by atoms with Gasteiger partial charge in [0.25, 0.3) is 0 Å². The summed E-state index contributed by atoms with van der Waals surface area (Å²) in [6.07, 6.45) is 6.87. The number of nitrogens with zero attached hydrogens (tertiary/aromatic N) is 4. The van der Waals surface area contributed by atoms with Gasteiger partial charge in [-0.15, -0.1) is 0 Å². The van der Waals surface area contributed by atoms with Gasteiger partial charge in [-0.3, -0.25) is 14.2 Å². The van der Waals surface area contributed by atoms with Crippen molar-refractivity contribution < 1.29 is 4.79 Å². The van der Waals surface area contributed by atoms with Crippen LogP contribution in [-0.2, 0) is 13.1 Å². The number of halogens is 1. The summed E-state index contributed by atoms with van der Waals surface area (Å²) >= 11 is 3.41. The van der Waals surface area contributed by atoms with Gasteiger partial charge >= 0.3 is 0 Å². The molecule has 2 aromatic rings. The zero-order chi connectivity index (χ0) is 13.8. The molecule has 0 saturated heterocycles. The van der Waals surface area contributed by atoms with Gasteiger partial charge < -0.3 is 0 Å². The van der Waals surface area contributed by atoms with Crippen LogP contribution in [0.5, 0.6) is 0 Å². The Morgan fingerprint density at radius 3 is 2.63 bits per heavy atom. The van der Waals surface area contributed by atoms with Crippen LogP contribution in [0.3, 0.4) is 0 Å². The zero-order valence-electron chi connectivity index (χ0n) is 10.9. The van der Waals surface area contributed by atoms with Gasteiger partial charge in [-0.05, 0) is 48.0 Å². The molecule has 19 heavy (non-hydrogen) atoms. The van der Waals surface area contributed by atoms with Crippen LogP contribution in [0.1, 0.15) is 30.0 Å². The van der Waals surface area contributed by atoms with Gasteiger partial charge in [-0.2, -0.15) is 10.2 Å². The molecule has 0 bridgehead atoms. The van der Waals surface area contributed by atoms with E-state index in [2.05, 4.69) is 26.1 Å². The first-order chi connectivity index (χ1) is 9.13. The molecule has 0 unspecified atom stereocenters. The fourth-order valence-corrected chi connectivity index (χ4v) is 2.04. The minimum Gasteiger partial charge on any atom is -0.287 e. The van der Waals surface area contributed by atoms with Crippen molar-refractivity contribution >= 4 is 27.8 Å². The van der Waals surface area contributed by atoms with Crippen molar-refractivity contribution in [1.82, 2.24) is 19.6 Å². The predicted molar refractivity (Wildman–Crippen MR) is 76.9 cm³/mol. The molecule has 5 nitrogen and oxygen atoms in total. The Kier molecular flexibility index (Phi) is 4.31. The summed E-state index contributed by atoms with van der Waals surface area (Å²) in [7, 11) is 0. The highest BCUT2D eigenvalue weighted by Gasteiger charge is 2.07. The normalized spacial score (nSPS) is 11.3. The van der Waals surface area contributed by atoms with Gasteiger partial charge in [0, 0.05) is 25.5 Å². The van der Waals surface area contributed by atoms with Crippen LogP contribution >= 0.6 is 15.9 Å². The van der Waals surface area contributed by atoms with Gasteiger partial charge in [-0.1, -0.05) is 0 Å². The first kappa shape index (κ1) is 13.7. The van der Waals surface area contributed by atoms with Crippen LogP contribution in [-0.4, -0.2) is 25.3 Å². The van der Waals surface area contributed by atoms with E-state index in [1.54, 1.807) is 27.7 Å². The highest BCUT2D eigenvalue weighted by atomic mass is 79.9. The summed E-state index contributed by atoms with van der Waals surface area (Å²) < 4.78 is 4.40. The molecule has 6 heteroatoms. The Bertz CT molecular complexity index is 612. The lowest BCUT2D eigenvalue weighted by atomic mass is 10.2. The van der Waals surface area contributed by atoms with E-state index < -0.39 is 0 Å². The average Bonchev–Trinajstić information content (AvgIpc) is 3.02. The Morgan fingerprint density at radius 2 is 2.05 bits per heavy atom. The maximum Gasteiger partial charge on any atom is 0.206 e. The van der Waals surface area contributed by atoms with Crippen molar-refractivity contribution in [3.05, 3.63) is 40.4 Å². The molecule has 0 amide bonds. The summed E-state index contributed by atoms with van der Waals surface area (Å²) in [5.74, 6) is -0.120. The molecule has 0 radical (unpaired) electrons. The van der Waals surface area contributed by atoms with E-state index in [0.29, 0.717) is 5.69 Å². The van der Waals surface area contributed by atoms with Crippen molar-refractivity contribution in [3.8, 4) is 0 Å². The molecule has 0 aromatic carbocycles. The summed E-state index contributed by atoms with van der Waals surface area (Å²) in [6, 6.07) is 1.72. The number of rotatable bonds is 5. The number of ketones is 1. The summed E-state index contributed by atoms with van der Waals surface area (Å²) in [5, 5.41) is 8.48. The van der Waals surface area contributed by atoms with E-state index >= 15 is 0 Å². The molecule has 0 saturated carbocycles. The topological polar surface area (TPSA) is 52.7 Å². The molecule has 0 fully saturated rings. The van der Waals surface area contributed by atoms with Crippen LogP contribution in [0, 0.1) is 0 Å². The van der Waals surface area contributed by atoms with Crippen molar-refractivity contribution in [3.63, 3.8) is 0 Å². The Morgan fingerprint density at radius 1 is 1.32 bits per heavy atom. The number of aromatic nitrogens is 4. The minimum absolute atomic E-state index is 0.120. The van der Waals surface area contributed by atoms with E-state index in [9.17, 15) is 4.79 Å². The smallest absolute Gasteiger partial charge is 0.206 e. The molecular formula is C13H15BrN4O. The van der Waals surface area contributed by atoms with Crippen LogP contribution in [0.15, 0.2) is 29.0 Å². The van der Waals surface area contributed by atoms with Gasteiger partial charge in [0.05, 0.1) is 10.2 Å². The molecule has 0 aliphatic carbocycles. The first-order valence-corrected chi connectivity index (χ1v) is 6.92. The lowest BCUT2D eigenvalue weighted by molar-refractivity contribution is 0.104. The number of hydrogen-bond donors (Lipinski definition) is 0. The first-order valence-electron chi connectivity index (χ1n) is 6.12. The van der Waals surface area contributed by atoms with Crippen molar-refractivity contribution in [2.24, 2.45) is 0 Å². The number of carbonyl (C=O) groups excluding carboxylic acids is 1. The largest absolute Gasteiger partial charge is 0.287 e. The fraction of sp³-hybridized carbons (Fsp3) is 0.308. The zero-order valence-corrected chi connectivity index (χ0v) is 12.5. The van der Waals surface area contributed by atoms with E-state index in [1.165, 1.54) is 6.08 Å². The summed E-state index contributed by atoms with van der Waals surface area (Å²) in [6.45, 7) is 5.53. The molecule has 2 heterocycles. The quantitative estimate of drug-likeness (QED) is 0.628. The molecule has 0 atom stereocenters. The highest BCUT2D eigenvalue weighted by Crippen LogP contribution is 2.16. The molecule has 0 aliphatic heterocycles. The standard InChI is InChI=1S/C13H15BrN4O/c1-3-17-8-7-12(16-17)13(19)6-5-11-10(14)9-18(4-2)15-11/h5-9H,3-4H2,1-2H3/b6-5+. The second kappa shape index (κ2) is 5.97. The fourth-order valence-electron chi connectivity index (χ4n) is 1.60. The van der Waals surface area contributed by atoms with E-state index in [4.69, 9.17) is 0 Å². The van der Waals surface area contributed by atoms with E-state index in [0.717, 1.165) is 23.3 Å². The van der Waals surface area contributed by atoms with Crippen LogP contribution in [0.4, 0.5) is 0 Å². The van der Waals surface area contributed by atoms with E-state index in [1.807, 2.05) is 20.0 Å². The van der Waals surface area contributed by atoms with Crippen molar-refractivity contribution in [2.45, 2.75) is 26.9 Å². The molecule has 0 N–H and O–H groups in total. The second-order valence-corrected chi connectivity index (χ2v) is 4.83. The molecule has 2 rings (SSSR count). The van der Waals surface area contributed by atoms with Gasteiger partial charge in [0.15, 0.2) is 0 Å². The Labute approximate surface area is 120 Å². The second-order valence-electron chi connectivity index (χ2n) is 3.97. The molecular weight excluding hydrogens is 308 g/mol. The monoisotopic (exact) mass is 322 g/mol. The molecule has 100 valence electrons. The van der Waals surface area contributed by atoms with E-state index in [-0.39, 0.29) is 5.78 Å². The van der Waals surface area contributed by atoms with Crippen LogP contribution < -0.4 is 0 Å². The highest BCUT2D eigenvalue weighted by molar-refractivity contribution is 9.10. The third-order valence-electron chi connectivity index (χ3n) is 2.68. The molecule has 0 aliphatic rings. The molecule has 0 spiro atoms. The van der Waals surface area contributed by atoms with Gasteiger partial charge in [0.1, 0.15) is 5.69 Å².